The average Bonchev–Trinajstić information content (AvgIpc) is 3.81. The summed E-state index contributed by atoms with van der Waals surface area (Å²) in [7, 11) is 0. The predicted molar refractivity (Wildman–Crippen MR) is 140 cm³/mol. The zero-order chi connectivity index (χ0) is 29.4. The molecule has 1 N–H and O–H groups in total. The molecule has 210 valence electrons. The van der Waals surface area contributed by atoms with Gasteiger partial charge < -0.3 is 9.84 Å². The van der Waals surface area contributed by atoms with Gasteiger partial charge in [-0.3, -0.25) is 4.90 Å². The maximum Gasteiger partial charge on any atom is 0.490 e. The Morgan fingerprint density at radius 1 is 0.950 bits per heavy atom. The van der Waals surface area contributed by atoms with Crippen molar-refractivity contribution in [2.75, 3.05) is 11.4 Å². The van der Waals surface area contributed by atoms with Gasteiger partial charge in [0.05, 0.1) is 29.0 Å². The molecule has 2 aromatic rings. The van der Waals surface area contributed by atoms with Gasteiger partial charge in [0.2, 0.25) is 0 Å². The molecule has 0 saturated heterocycles. The van der Waals surface area contributed by atoms with Crippen molar-refractivity contribution in [3.63, 3.8) is 0 Å². The Labute approximate surface area is 230 Å². The molecule has 3 aliphatic carbocycles. The minimum absolute atomic E-state index is 0.297. The van der Waals surface area contributed by atoms with Gasteiger partial charge in [0.25, 0.3) is 0 Å². The topological polar surface area (TPSA) is 114 Å². The highest BCUT2D eigenvalue weighted by atomic mass is 19.4. The lowest BCUT2D eigenvalue weighted by Crippen LogP contribution is -2.40. The van der Waals surface area contributed by atoms with Gasteiger partial charge in [-0.15, -0.1) is 0 Å². The second kappa shape index (κ2) is 10.8. The minimum atomic E-state index is -5.08. The molecule has 2 saturated carbocycles. The number of carboxylic acid groups (broad SMARTS) is 1. The molecule has 4 atom stereocenters. The van der Waals surface area contributed by atoms with Gasteiger partial charge in [-0.25, -0.2) is 9.59 Å². The van der Waals surface area contributed by atoms with Crippen LogP contribution in [0, 0.1) is 34.5 Å². The van der Waals surface area contributed by atoms with E-state index in [2.05, 4.69) is 24.3 Å². The van der Waals surface area contributed by atoms with Gasteiger partial charge in [-0.05, 0) is 117 Å². The fourth-order valence-corrected chi connectivity index (χ4v) is 5.35. The molecule has 0 spiro atoms. The number of aliphatic carboxylic acids is 1. The maximum atomic E-state index is 12.3. The van der Waals surface area contributed by atoms with Crippen molar-refractivity contribution >= 4 is 17.7 Å². The van der Waals surface area contributed by atoms with Gasteiger partial charge in [0.15, 0.2) is 0 Å². The van der Waals surface area contributed by atoms with Crippen LogP contribution in [-0.2, 0) is 16.0 Å². The van der Waals surface area contributed by atoms with Crippen LogP contribution in [0.4, 0.5) is 23.7 Å². The van der Waals surface area contributed by atoms with E-state index in [4.69, 9.17) is 25.2 Å². The third-order valence-electron chi connectivity index (χ3n) is 7.42. The Balaban J connectivity index is 0.000000158. The normalized spacial score (nSPS) is 22.9. The van der Waals surface area contributed by atoms with Crippen molar-refractivity contribution in [1.29, 1.82) is 10.5 Å². The molecule has 0 bridgehead atoms. The van der Waals surface area contributed by atoms with Crippen molar-refractivity contribution in [1.82, 2.24) is 0 Å². The second-order valence-electron chi connectivity index (χ2n) is 11.5. The molecule has 6 rings (SSSR count). The molecule has 4 aliphatic rings. The molecule has 7 nitrogen and oxygen atoms in total. The molecule has 4 unspecified atom stereocenters. The quantitative estimate of drug-likeness (QED) is 0.390. The number of alkyl halides is 3. The smallest absolute Gasteiger partial charge is 0.475 e. The highest BCUT2D eigenvalue weighted by Crippen LogP contribution is 2.55. The van der Waals surface area contributed by atoms with Crippen LogP contribution in [0.5, 0.6) is 0 Å². The number of fused-ring (bicyclic) bond motifs is 6. The number of benzene rings is 2. The van der Waals surface area contributed by atoms with Crippen molar-refractivity contribution in [3.05, 3.63) is 64.2 Å². The van der Waals surface area contributed by atoms with Gasteiger partial charge in [0, 0.05) is 6.54 Å². The maximum absolute atomic E-state index is 12.3. The molecule has 0 radical (unpaired) electrons. The first kappa shape index (κ1) is 28.9. The number of carboxylic acids is 1. The number of nitrogens with zero attached hydrogens (tertiary/aromatic N) is 3. The summed E-state index contributed by atoms with van der Waals surface area (Å²) in [6, 6.07) is 16.1. The van der Waals surface area contributed by atoms with Crippen LogP contribution in [-0.4, -0.2) is 35.5 Å². The third-order valence-corrected chi connectivity index (χ3v) is 7.42. The van der Waals surface area contributed by atoms with E-state index in [0.29, 0.717) is 17.4 Å². The standard InChI is InChI=1S/C16H18N2O2.C12H11N.C2HF3O2/c1-16(2,3)20-15(19)18-9-11-7-12(11)13-6-10(8-17)4-5-14(13)18;13-7-8-1-2-9-3-4-10-6-12(10)11(9)5-8;3-2(4,5)1(6)7/h4-6,11-12H,7,9H2,1-3H3;1-2,5,10,12H,3-4,6H2;(H,6,7). The summed E-state index contributed by atoms with van der Waals surface area (Å²) >= 11 is 0. The van der Waals surface area contributed by atoms with Gasteiger partial charge in [-0.1, -0.05) is 6.07 Å². The SMILES string of the molecule is CC(C)(C)OC(=O)N1CC2CC2c2cc(C#N)ccc21.N#Cc1ccc2c(c1)C1CC1CC2.O=C(O)C(F)(F)F. The number of hydrogen-bond donors (Lipinski definition) is 1. The Morgan fingerprint density at radius 3 is 2.08 bits per heavy atom. The van der Waals surface area contributed by atoms with Crippen LogP contribution in [0.2, 0.25) is 0 Å². The fraction of sp³-hybridized carbons (Fsp3) is 0.467. The summed E-state index contributed by atoms with van der Waals surface area (Å²) < 4.78 is 37.2. The zero-order valence-corrected chi connectivity index (χ0v) is 22.5. The Hall–Kier alpha value is -4.05. The van der Waals surface area contributed by atoms with Crippen molar-refractivity contribution in [2.24, 2.45) is 11.8 Å². The van der Waals surface area contributed by atoms with Crippen molar-refractivity contribution in [2.45, 2.75) is 70.1 Å². The number of anilines is 1. The van der Waals surface area contributed by atoms with E-state index in [1.807, 2.05) is 39.0 Å². The molecule has 2 fully saturated rings. The van der Waals surface area contributed by atoms with E-state index in [1.54, 1.807) is 11.0 Å². The van der Waals surface area contributed by atoms with Crippen LogP contribution >= 0.6 is 0 Å². The van der Waals surface area contributed by atoms with Crippen LogP contribution < -0.4 is 4.90 Å². The van der Waals surface area contributed by atoms with Crippen LogP contribution in [0.15, 0.2) is 36.4 Å². The molecule has 1 aliphatic heterocycles. The summed E-state index contributed by atoms with van der Waals surface area (Å²) in [4.78, 5) is 22.9. The minimum Gasteiger partial charge on any atom is -0.475 e. The number of amides is 1. The van der Waals surface area contributed by atoms with E-state index >= 15 is 0 Å². The molecule has 0 aromatic heterocycles. The lowest BCUT2D eigenvalue weighted by atomic mass is 9.90. The van der Waals surface area contributed by atoms with Crippen LogP contribution in [0.25, 0.3) is 0 Å². The number of carbonyl (C=O) groups excluding carboxylic acids is 1. The van der Waals surface area contributed by atoms with E-state index in [0.717, 1.165) is 41.6 Å². The molecule has 2 aromatic carbocycles. The summed E-state index contributed by atoms with van der Waals surface area (Å²) in [5.74, 6) is 0.0203. The lowest BCUT2D eigenvalue weighted by Gasteiger charge is -2.31. The predicted octanol–water partition coefficient (Wildman–Crippen LogP) is 6.66. The van der Waals surface area contributed by atoms with E-state index in [1.165, 1.54) is 30.4 Å². The number of rotatable bonds is 0. The first-order chi connectivity index (χ1) is 18.7. The molecule has 1 heterocycles. The first-order valence-electron chi connectivity index (χ1n) is 13.1. The number of carbonyl (C=O) groups is 2. The van der Waals surface area contributed by atoms with Crippen molar-refractivity contribution < 1.29 is 32.6 Å². The molecule has 10 heteroatoms. The largest absolute Gasteiger partial charge is 0.490 e. The zero-order valence-electron chi connectivity index (χ0n) is 22.5. The second-order valence-corrected chi connectivity index (χ2v) is 11.5. The van der Waals surface area contributed by atoms with Gasteiger partial charge in [0.1, 0.15) is 5.60 Å². The van der Waals surface area contributed by atoms with Gasteiger partial charge >= 0.3 is 18.2 Å². The summed E-state index contributed by atoms with van der Waals surface area (Å²) in [5, 5.41) is 24.9. The van der Waals surface area contributed by atoms with E-state index < -0.39 is 17.7 Å². The Morgan fingerprint density at radius 2 is 1.50 bits per heavy atom. The fourth-order valence-electron chi connectivity index (χ4n) is 5.35. The molecule has 40 heavy (non-hydrogen) atoms. The van der Waals surface area contributed by atoms with Crippen molar-refractivity contribution in [3.8, 4) is 12.1 Å². The Bertz CT molecular complexity index is 1400. The Kier molecular flexibility index (Phi) is 7.85. The highest BCUT2D eigenvalue weighted by molar-refractivity contribution is 5.90. The summed E-state index contributed by atoms with van der Waals surface area (Å²) in [5.41, 5.74) is 5.95. The van der Waals surface area contributed by atoms with Crippen LogP contribution in [0.1, 0.15) is 79.7 Å². The van der Waals surface area contributed by atoms with Gasteiger partial charge in [-0.2, -0.15) is 23.7 Å². The number of aryl methyl sites for hydroxylation is 1. The molecular formula is C30H30F3N3O4. The van der Waals surface area contributed by atoms with Crippen LogP contribution in [0.3, 0.4) is 0 Å². The average molecular weight is 554 g/mol. The molecule has 1 amide bonds. The number of nitriles is 2. The number of ether oxygens (including phenoxy) is 1. The number of halogens is 3. The van der Waals surface area contributed by atoms with E-state index in [9.17, 15) is 18.0 Å². The first-order valence-corrected chi connectivity index (χ1v) is 13.1. The van der Waals surface area contributed by atoms with E-state index in [-0.39, 0.29) is 6.09 Å². The molecular weight excluding hydrogens is 523 g/mol. The summed E-state index contributed by atoms with van der Waals surface area (Å²) in [6.45, 7) is 6.33. The third kappa shape index (κ3) is 6.74. The lowest BCUT2D eigenvalue weighted by molar-refractivity contribution is -0.192. The monoisotopic (exact) mass is 553 g/mol. The highest BCUT2D eigenvalue weighted by Gasteiger charge is 2.47. The summed E-state index contributed by atoms with van der Waals surface area (Å²) in [6.07, 6.45) is -0.330. The number of hydrogen-bond acceptors (Lipinski definition) is 5.